The number of amides is 3. The maximum absolute atomic E-state index is 14.2. The molecule has 4 N–H and O–H groups in total. The number of rotatable bonds is 11. The van der Waals surface area contributed by atoms with E-state index >= 15 is 0 Å². The van der Waals surface area contributed by atoms with E-state index in [0.29, 0.717) is 17.3 Å². The summed E-state index contributed by atoms with van der Waals surface area (Å²) in [5, 5.41) is 17.0. The predicted molar refractivity (Wildman–Crippen MR) is 131 cm³/mol. The number of nitrogens with zero attached hydrogens (tertiary/aromatic N) is 3. The van der Waals surface area contributed by atoms with Crippen LogP contribution in [0.25, 0.3) is 10.9 Å². The van der Waals surface area contributed by atoms with E-state index in [-0.39, 0.29) is 54.5 Å². The Balaban J connectivity index is 1.54. The SMILES string of the molecule is NC(=O)c1nn(CC(=O)N(CC(=O)NCc2cccc(Cl)c2F)C(CCO)C2CC2)c2ccccc12. The number of hydrogen-bond donors (Lipinski definition) is 3. The molecule has 1 heterocycles. The van der Waals surface area contributed by atoms with Crippen LogP contribution in [0.3, 0.4) is 0 Å². The molecule has 1 fully saturated rings. The molecule has 2 aromatic carbocycles. The van der Waals surface area contributed by atoms with E-state index in [0.717, 1.165) is 12.8 Å². The zero-order valence-electron chi connectivity index (χ0n) is 19.5. The topological polar surface area (TPSA) is 131 Å². The van der Waals surface area contributed by atoms with Crippen LogP contribution in [0.4, 0.5) is 4.39 Å². The molecule has 190 valence electrons. The molecule has 1 saturated carbocycles. The monoisotopic (exact) mass is 515 g/mol. The van der Waals surface area contributed by atoms with Crippen LogP contribution in [0.15, 0.2) is 42.5 Å². The quantitative estimate of drug-likeness (QED) is 0.360. The zero-order valence-corrected chi connectivity index (χ0v) is 20.2. The van der Waals surface area contributed by atoms with Crippen molar-refractivity contribution in [1.82, 2.24) is 20.0 Å². The van der Waals surface area contributed by atoms with Crippen molar-refractivity contribution in [2.24, 2.45) is 11.7 Å². The Kier molecular flexibility index (Phi) is 7.85. The van der Waals surface area contributed by atoms with Gasteiger partial charge in [0.25, 0.3) is 5.91 Å². The molecule has 11 heteroatoms. The van der Waals surface area contributed by atoms with Gasteiger partial charge in [-0.15, -0.1) is 0 Å². The number of benzene rings is 2. The molecule has 0 radical (unpaired) electrons. The van der Waals surface area contributed by atoms with Crippen molar-refractivity contribution < 1.29 is 23.9 Å². The number of aliphatic hydroxyl groups excluding tert-OH is 1. The molecule has 1 unspecified atom stereocenters. The maximum atomic E-state index is 14.2. The number of aliphatic hydroxyl groups is 1. The summed E-state index contributed by atoms with van der Waals surface area (Å²) in [6, 6.07) is 11.1. The van der Waals surface area contributed by atoms with Crippen molar-refractivity contribution in [3.63, 3.8) is 0 Å². The summed E-state index contributed by atoms with van der Waals surface area (Å²) in [5.74, 6) is -2.02. The third kappa shape index (κ3) is 5.66. The van der Waals surface area contributed by atoms with Crippen LogP contribution >= 0.6 is 11.6 Å². The van der Waals surface area contributed by atoms with Crippen LogP contribution in [0.2, 0.25) is 5.02 Å². The average molecular weight is 516 g/mol. The summed E-state index contributed by atoms with van der Waals surface area (Å²) in [6.45, 7) is -0.730. The minimum absolute atomic E-state index is 0.0444. The van der Waals surface area contributed by atoms with Gasteiger partial charge in [-0.1, -0.05) is 41.9 Å². The first kappa shape index (κ1) is 25.6. The Morgan fingerprint density at radius 2 is 1.97 bits per heavy atom. The number of hydrogen-bond acceptors (Lipinski definition) is 5. The van der Waals surface area contributed by atoms with E-state index in [1.54, 1.807) is 30.3 Å². The lowest BCUT2D eigenvalue weighted by molar-refractivity contribution is -0.139. The highest BCUT2D eigenvalue weighted by Crippen LogP contribution is 2.37. The normalized spacial score (nSPS) is 14.0. The number of aromatic nitrogens is 2. The first-order chi connectivity index (χ1) is 17.3. The molecule has 1 atom stereocenters. The van der Waals surface area contributed by atoms with Gasteiger partial charge in [0.05, 0.1) is 17.1 Å². The predicted octanol–water partition coefficient (Wildman–Crippen LogP) is 2.23. The van der Waals surface area contributed by atoms with E-state index in [1.807, 2.05) is 0 Å². The van der Waals surface area contributed by atoms with Crippen LogP contribution in [0, 0.1) is 11.7 Å². The summed E-state index contributed by atoms with van der Waals surface area (Å²) in [7, 11) is 0. The Morgan fingerprint density at radius 3 is 2.67 bits per heavy atom. The van der Waals surface area contributed by atoms with Crippen molar-refractivity contribution in [1.29, 1.82) is 0 Å². The molecule has 0 spiro atoms. The summed E-state index contributed by atoms with van der Waals surface area (Å²) in [6.07, 6.45) is 2.10. The minimum Gasteiger partial charge on any atom is -0.396 e. The van der Waals surface area contributed by atoms with Crippen LogP contribution in [0.1, 0.15) is 35.3 Å². The van der Waals surface area contributed by atoms with Crippen LogP contribution < -0.4 is 11.1 Å². The van der Waals surface area contributed by atoms with Gasteiger partial charge >= 0.3 is 0 Å². The van der Waals surface area contributed by atoms with Gasteiger partial charge in [-0.3, -0.25) is 19.1 Å². The number of fused-ring (bicyclic) bond motifs is 1. The third-order valence-corrected chi connectivity index (χ3v) is 6.60. The largest absolute Gasteiger partial charge is 0.396 e. The van der Waals surface area contributed by atoms with E-state index in [1.165, 1.54) is 21.7 Å². The van der Waals surface area contributed by atoms with Gasteiger partial charge in [0, 0.05) is 30.1 Å². The maximum Gasteiger partial charge on any atom is 0.269 e. The van der Waals surface area contributed by atoms with E-state index < -0.39 is 23.5 Å². The van der Waals surface area contributed by atoms with Crippen LogP contribution in [-0.2, 0) is 22.7 Å². The van der Waals surface area contributed by atoms with Gasteiger partial charge in [0.2, 0.25) is 11.8 Å². The van der Waals surface area contributed by atoms with Gasteiger partial charge in [-0.25, -0.2) is 4.39 Å². The fraction of sp³-hybridized carbons (Fsp3) is 0.360. The number of nitrogens with two attached hydrogens (primary N) is 1. The molecule has 1 aliphatic rings. The Bertz CT molecular complexity index is 1290. The Labute approximate surface area is 212 Å². The average Bonchev–Trinajstić information content (AvgIpc) is 3.63. The smallest absolute Gasteiger partial charge is 0.269 e. The van der Waals surface area contributed by atoms with Gasteiger partial charge in [0.15, 0.2) is 5.69 Å². The van der Waals surface area contributed by atoms with Gasteiger partial charge in [0.1, 0.15) is 12.4 Å². The molecule has 3 amide bonds. The second-order valence-electron chi connectivity index (χ2n) is 8.82. The molecule has 3 aromatic rings. The highest BCUT2D eigenvalue weighted by molar-refractivity contribution is 6.30. The highest BCUT2D eigenvalue weighted by atomic mass is 35.5. The fourth-order valence-corrected chi connectivity index (χ4v) is 4.58. The molecular formula is C25H27ClFN5O4. The van der Waals surface area contributed by atoms with Crippen LogP contribution in [0.5, 0.6) is 0 Å². The highest BCUT2D eigenvalue weighted by Gasteiger charge is 2.38. The van der Waals surface area contributed by atoms with Crippen molar-refractivity contribution >= 4 is 40.2 Å². The first-order valence-electron chi connectivity index (χ1n) is 11.7. The lowest BCUT2D eigenvalue weighted by Crippen LogP contribution is -2.49. The number of halogens is 2. The summed E-state index contributed by atoms with van der Waals surface area (Å²) in [4.78, 5) is 39.6. The van der Waals surface area contributed by atoms with Crippen molar-refractivity contribution in [3.8, 4) is 0 Å². The number of para-hydroxylation sites is 1. The number of nitrogens with one attached hydrogen (secondary N) is 1. The van der Waals surface area contributed by atoms with E-state index in [9.17, 15) is 23.9 Å². The van der Waals surface area contributed by atoms with Gasteiger partial charge in [-0.2, -0.15) is 5.10 Å². The second kappa shape index (κ2) is 11.0. The Morgan fingerprint density at radius 1 is 1.22 bits per heavy atom. The van der Waals surface area contributed by atoms with Crippen molar-refractivity contribution in [2.75, 3.05) is 13.2 Å². The van der Waals surface area contributed by atoms with Crippen LogP contribution in [-0.4, -0.2) is 56.7 Å². The van der Waals surface area contributed by atoms with Crippen molar-refractivity contribution in [3.05, 3.63) is 64.6 Å². The fourth-order valence-electron chi connectivity index (χ4n) is 4.39. The molecule has 1 aliphatic carbocycles. The van der Waals surface area contributed by atoms with Gasteiger partial charge < -0.3 is 21.1 Å². The minimum atomic E-state index is -0.710. The molecule has 0 saturated heterocycles. The molecular weight excluding hydrogens is 489 g/mol. The summed E-state index contributed by atoms with van der Waals surface area (Å²) in [5.41, 5.74) is 6.30. The second-order valence-corrected chi connectivity index (χ2v) is 9.22. The number of carbonyl (C=O) groups excluding carboxylic acids is 3. The first-order valence-corrected chi connectivity index (χ1v) is 12.0. The number of carbonyl (C=O) groups is 3. The standard InChI is InChI=1S/C25H27ClFN5O4/c26-18-6-3-4-16(23(18)27)12-29-21(34)13-31(19(10-11-33)15-8-9-15)22(35)14-32-20-7-2-1-5-17(20)24(30-32)25(28)36/h1-7,15,19,33H,8-14H2,(H2,28,36)(H,29,34). The van der Waals surface area contributed by atoms with Gasteiger partial charge in [-0.05, 0) is 37.3 Å². The van der Waals surface area contributed by atoms with E-state index in [4.69, 9.17) is 17.3 Å². The summed E-state index contributed by atoms with van der Waals surface area (Å²) >= 11 is 5.81. The summed E-state index contributed by atoms with van der Waals surface area (Å²) < 4.78 is 15.6. The number of primary amides is 1. The lowest BCUT2D eigenvalue weighted by Gasteiger charge is -2.31. The van der Waals surface area contributed by atoms with E-state index in [2.05, 4.69) is 10.4 Å². The molecule has 0 bridgehead atoms. The van der Waals surface area contributed by atoms with Crippen molar-refractivity contribution in [2.45, 2.75) is 38.4 Å². The molecule has 1 aromatic heterocycles. The molecule has 9 nitrogen and oxygen atoms in total. The lowest BCUT2D eigenvalue weighted by atomic mass is 10.1. The third-order valence-electron chi connectivity index (χ3n) is 6.31. The molecule has 36 heavy (non-hydrogen) atoms. The zero-order chi connectivity index (χ0) is 25.8. The molecule has 0 aliphatic heterocycles. The Hall–Kier alpha value is -3.50. The molecule has 4 rings (SSSR count).